The van der Waals surface area contributed by atoms with Crippen LogP contribution in [0.1, 0.15) is 12.0 Å². The molecule has 3 amide bonds. The van der Waals surface area contributed by atoms with Gasteiger partial charge in [0.25, 0.3) is 0 Å². The van der Waals surface area contributed by atoms with E-state index in [-0.39, 0.29) is 17.9 Å². The average molecular weight is 655 g/mol. The van der Waals surface area contributed by atoms with Crippen molar-refractivity contribution in [2.24, 2.45) is 0 Å². The standard InChI is InChI=1S/C32H32ClFN4O6S/c1-41-29-19-23-26(20-30(29)43-14-4-11-37-12-15-42-16-13-37)35-10-9-27(23)44-28-8-7-22(18-25(28)34)36-32(40)38(45)31(39)17-21-5-2-3-6-24(21)33/h2-3,5-10,18-20,45H,4,11-17H2,1H3,(H,36,40). The van der Waals surface area contributed by atoms with Gasteiger partial charge in [-0.2, -0.15) is 0 Å². The van der Waals surface area contributed by atoms with Crippen molar-refractivity contribution in [2.75, 3.05) is 51.9 Å². The van der Waals surface area contributed by atoms with Crippen LogP contribution in [0.25, 0.3) is 10.9 Å². The Morgan fingerprint density at radius 3 is 2.62 bits per heavy atom. The number of halogens is 2. The van der Waals surface area contributed by atoms with Gasteiger partial charge >= 0.3 is 6.03 Å². The van der Waals surface area contributed by atoms with E-state index >= 15 is 4.39 Å². The summed E-state index contributed by atoms with van der Waals surface area (Å²) in [5.74, 6) is -0.0407. The van der Waals surface area contributed by atoms with Crippen LogP contribution in [0.15, 0.2) is 66.9 Å². The number of carbonyl (C=O) groups excluding carboxylic acids is 2. The normalized spacial score (nSPS) is 13.3. The van der Waals surface area contributed by atoms with Gasteiger partial charge in [0, 0.05) is 54.1 Å². The van der Waals surface area contributed by atoms with Gasteiger partial charge in [0.15, 0.2) is 23.1 Å². The van der Waals surface area contributed by atoms with Gasteiger partial charge in [-0.25, -0.2) is 13.5 Å². The quantitative estimate of drug-likeness (QED) is 0.142. The summed E-state index contributed by atoms with van der Waals surface area (Å²) < 4.78 is 38.6. The largest absolute Gasteiger partial charge is 0.493 e. The van der Waals surface area contributed by atoms with Crippen LogP contribution < -0.4 is 19.5 Å². The van der Waals surface area contributed by atoms with Crippen LogP contribution in [-0.2, 0) is 16.0 Å². The van der Waals surface area contributed by atoms with Crippen LogP contribution >= 0.6 is 24.4 Å². The first kappa shape index (κ1) is 32.3. The van der Waals surface area contributed by atoms with E-state index in [4.69, 9.17) is 30.5 Å². The average Bonchev–Trinajstić information content (AvgIpc) is 3.05. The fourth-order valence-corrected chi connectivity index (χ4v) is 5.06. The van der Waals surface area contributed by atoms with Gasteiger partial charge in [0.1, 0.15) is 5.75 Å². The molecule has 0 aliphatic carbocycles. The molecular formula is C32H32ClFN4O6S. The molecule has 0 radical (unpaired) electrons. The van der Waals surface area contributed by atoms with E-state index in [1.54, 1.807) is 55.8 Å². The lowest BCUT2D eigenvalue weighted by molar-refractivity contribution is -0.123. The zero-order chi connectivity index (χ0) is 31.8. The van der Waals surface area contributed by atoms with Gasteiger partial charge in [0.2, 0.25) is 5.91 Å². The molecule has 0 bridgehead atoms. The summed E-state index contributed by atoms with van der Waals surface area (Å²) in [7, 11) is 1.54. The molecule has 5 rings (SSSR count). The van der Waals surface area contributed by atoms with Gasteiger partial charge in [-0.15, -0.1) is 0 Å². The van der Waals surface area contributed by atoms with Crippen molar-refractivity contribution in [3.05, 3.63) is 83.3 Å². The van der Waals surface area contributed by atoms with Gasteiger partial charge in [-0.1, -0.05) is 42.6 Å². The molecule has 1 aliphatic heterocycles. The predicted molar refractivity (Wildman–Crippen MR) is 172 cm³/mol. The number of amides is 3. The zero-order valence-corrected chi connectivity index (χ0v) is 26.2. The lowest BCUT2D eigenvalue weighted by atomic mass is 10.1. The molecule has 4 aromatic rings. The highest BCUT2D eigenvalue weighted by Crippen LogP contribution is 2.38. The SMILES string of the molecule is COc1cc2c(Oc3ccc(NC(=O)N(S)C(=O)Cc4ccccc4Cl)cc3F)ccnc2cc1OCCCN1CCOCC1. The summed E-state index contributed by atoms with van der Waals surface area (Å²) >= 11 is 10.1. The van der Waals surface area contributed by atoms with Crippen molar-refractivity contribution in [3.63, 3.8) is 0 Å². The van der Waals surface area contributed by atoms with Crippen molar-refractivity contribution in [1.29, 1.82) is 0 Å². The number of methoxy groups -OCH3 is 1. The lowest BCUT2D eigenvalue weighted by Gasteiger charge is -2.26. The Bertz CT molecular complexity index is 1670. The number of rotatable bonds is 11. The van der Waals surface area contributed by atoms with Gasteiger partial charge in [0.05, 0.1) is 38.9 Å². The smallest absolute Gasteiger partial charge is 0.338 e. The third-order valence-corrected chi connectivity index (χ3v) is 7.87. The minimum absolute atomic E-state index is 0.0829. The molecule has 0 spiro atoms. The van der Waals surface area contributed by atoms with E-state index < -0.39 is 17.8 Å². The second kappa shape index (κ2) is 15.3. The van der Waals surface area contributed by atoms with E-state index in [0.717, 1.165) is 45.3 Å². The van der Waals surface area contributed by atoms with Crippen LogP contribution in [0.4, 0.5) is 14.9 Å². The number of ether oxygens (including phenoxy) is 4. The summed E-state index contributed by atoms with van der Waals surface area (Å²) in [6.07, 6.45) is 2.27. The molecular weight excluding hydrogens is 623 g/mol. The van der Waals surface area contributed by atoms with E-state index in [0.29, 0.717) is 49.6 Å². The summed E-state index contributed by atoms with van der Waals surface area (Å²) in [5.41, 5.74) is 1.23. The Labute approximate surface area is 270 Å². The maximum Gasteiger partial charge on any atom is 0.338 e. The fraction of sp³-hybridized carbons (Fsp3) is 0.281. The first-order valence-corrected chi connectivity index (χ1v) is 15.0. The predicted octanol–water partition coefficient (Wildman–Crippen LogP) is 6.38. The maximum absolute atomic E-state index is 15.1. The number of morpholine rings is 1. The Balaban J connectivity index is 1.22. The number of hydrogen-bond donors (Lipinski definition) is 2. The molecule has 10 nitrogen and oxygen atoms in total. The molecule has 0 atom stereocenters. The fourth-order valence-electron chi connectivity index (χ4n) is 4.73. The molecule has 1 fully saturated rings. The molecule has 1 saturated heterocycles. The number of anilines is 1. The molecule has 3 aromatic carbocycles. The van der Waals surface area contributed by atoms with Crippen molar-refractivity contribution in [1.82, 2.24) is 14.2 Å². The number of thiol groups is 1. The van der Waals surface area contributed by atoms with Crippen molar-refractivity contribution < 1.29 is 32.9 Å². The number of benzene rings is 3. The molecule has 1 N–H and O–H groups in total. The van der Waals surface area contributed by atoms with Crippen LogP contribution in [0.5, 0.6) is 23.0 Å². The highest BCUT2D eigenvalue weighted by molar-refractivity contribution is 7.79. The molecule has 13 heteroatoms. The number of nitrogens with zero attached hydrogens (tertiary/aromatic N) is 3. The summed E-state index contributed by atoms with van der Waals surface area (Å²) in [5, 5.41) is 3.45. The second-order valence-corrected chi connectivity index (χ2v) is 10.9. The first-order valence-electron chi connectivity index (χ1n) is 14.3. The van der Waals surface area contributed by atoms with Crippen LogP contribution in [-0.4, -0.2) is 72.7 Å². The van der Waals surface area contributed by atoms with E-state index in [1.165, 1.54) is 12.1 Å². The van der Waals surface area contributed by atoms with E-state index in [1.807, 2.05) is 0 Å². The summed E-state index contributed by atoms with van der Waals surface area (Å²) in [4.78, 5) is 31.9. The van der Waals surface area contributed by atoms with Crippen molar-refractivity contribution in [2.45, 2.75) is 12.8 Å². The van der Waals surface area contributed by atoms with Gasteiger partial charge in [-0.3, -0.25) is 14.7 Å². The third-order valence-electron chi connectivity index (χ3n) is 7.10. The summed E-state index contributed by atoms with van der Waals surface area (Å²) in [6, 6.07) is 15.0. The molecule has 1 aliphatic rings. The number of imide groups is 1. The Morgan fingerprint density at radius 2 is 1.87 bits per heavy atom. The minimum Gasteiger partial charge on any atom is -0.493 e. The highest BCUT2D eigenvalue weighted by atomic mass is 35.5. The van der Waals surface area contributed by atoms with Crippen LogP contribution in [0.2, 0.25) is 5.02 Å². The molecule has 45 heavy (non-hydrogen) atoms. The number of fused-ring (bicyclic) bond motifs is 1. The van der Waals surface area contributed by atoms with E-state index in [2.05, 4.69) is 28.0 Å². The molecule has 0 saturated carbocycles. The Hall–Kier alpha value is -4.10. The molecule has 0 unspecified atom stereocenters. The van der Waals surface area contributed by atoms with Crippen LogP contribution in [0.3, 0.4) is 0 Å². The Kier molecular flexibility index (Phi) is 11.0. The second-order valence-electron chi connectivity index (χ2n) is 10.1. The van der Waals surface area contributed by atoms with Crippen molar-refractivity contribution in [3.8, 4) is 23.0 Å². The number of pyridine rings is 1. The third kappa shape index (κ3) is 8.34. The maximum atomic E-state index is 15.1. The molecule has 236 valence electrons. The van der Waals surface area contributed by atoms with E-state index in [9.17, 15) is 9.59 Å². The number of nitrogens with one attached hydrogen (secondary N) is 1. The minimum atomic E-state index is -0.852. The molecule has 2 heterocycles. The van der Waals surface area contributed by atoms with Crippen molar-refractivity contribution >= 4 is 52.9 Å². The number of hydrogen-bond acceptors (Lipinski definition) is 9. The first-order chi connectivity index (χ1) is 21.8. The van der Waals surface area contributed by atoms with Gasteiger partial charge < -0.3 is 24.3 Å². The summed E-state index contributed by atoms with van der Waals surface area (Å²) in [6.45, 7) is 4.77. The zero-order valence-electron chi connectivity index (χ0n) is 24.5. The highest BCUT2D eigenvalue weighted by Gasteiger charge is 2.21. The lowest BCUT2D eigenvalue weighted by Crippen LogP contribution is -2.37. The monoisotopic (exact) mass is 654 g/mol. The number of carbonyl (C=O) groups is 2. The topological polar surface area (TPSA) is 102 Å². The van der Waals surface area contributed by atoms with Crippen LogP contribution in [0, 0.1) is 5.82 Å². The number of urea groups is 1. The Morgan fingerprint density at radius 1 is 1.07 bits per heavy atom. The number of aromatic nitrogens is 1. The van der Waals surface area contributed by atoms with Gasteiger partial charge in [-0.05, 0) is 42.3 Å². The molecule has 1 aromatic heterocycles.